The smallest absolute Gasteiger partial charge is 0.252 e. The Hall–Kier alpha value is -0.860. The molecule has 1 aromatic rings. The fourth-order valence-electron chi connectivity index (χ4n) is 1.48. The van der Waals surface area contributed by atoms with Crippen LogP contribution < -0.4 is 16.0 Å². The Balaban J connectivity index is 2.10. The maximum absolute atomic E-state index is 13.2. The summed E-state index contributed by atoms with van der Waals surface area (Å²) in [6.07, 6.45) is 3.14. The van der Waals surface area contributed by atoms with Crippen molar-refractivity contribution in [1.82, 2.24) is 20.6 Å². The van der Waals surface area contributed by atoms with E-state index in [9.17, 15) is 4.57 Å². The van der Waals surface area contributed by atoms with Crippen LogP contribution >= 0.6 is 41.1 Å². The highest BCUT2D eigenvalue weighted by atomic mass is 35.5. The predicted octanol–water partition coefficient (Wildman–Crippen LogP) is 2.85. The molecule has 0 amide bonds. The van der Waals surface area contributed by atoms with Gasteiger partial charge in [-0.25, -0.2) is 15.0 Å². The fraction of sp³-hybridized carbons (Fsp3) is 0.455. The highest BCUT2D eigenvalue weighted by Crippen LogP contribution is 2.69. The van der Waals surface area contributed by atoms with E-state index in [2.05, 4.69) is 36.1 Å². The standard InChI is InChI=1S/C11H16Cl2N7OPS/c1-8(6-12)17-19-10-16-11(2,7-13)22(21,23-10)20-18-9-14-4-3-5-15-9/h3-5H,6-7H2,1-2H3,(H,16,19)(H,20,21)(H,14,15,18). The van der Waals surface area contributed by atoms with Crippen LogP contribution in [0.4, 0.5) is 5.95 Å². The number of rotatable bonds is 6. The molecule has 1 aliphatic rings. The molecule has 3 N–H and O–H groups in total. The van der Waals surface area contributed by atoms with Gasteiger partial charge in [-0.2, -0.15) is 10.3 Å². The molecule has 1 aromatic heterocycles. The van der Waals surface area contributed by atoms with Gasteiger partial charge in [0, 0.05) is 18.1 Å². The lowest BCUT2D eigenvalue weighted by Crippen LogP contribution is -2.31. The number of nitrogens with zero attached hydrogens (tertiary/aromatic N) is 4. The van der Waals surface area contributed by atoms with Crippen molar-refractivity contribution in [3.63, 3.8) is 0 Å². The largest absolute Gasteiger partial charge is 0.290 e. The van der Waals surface area contributed by atoms with E-state index in [4.69, 9.17) is 23.2 Å². The minimum atomic E-state index is -3.11. The third-order valence-corrected chi connectivity index (χ3v) is 9.24. The maximum Gasteiger partial charge on any atom is 0.252 e. The highest BCUT2D eigenvalue weighted by Gasteiger charge is 2.51. The lowest BCUT2D eigenvalue weighted by Gasteiger charge is -2.26. The van der Waals surface area contributed by atoms with Crippen LogP contribution in [0.5, 0.6) is 0 Å². The summed E-state index contributed by atoms with van der Waals surface area (Å²) in [4.78, 5) is 12.4. The van der Waals surface area contributed by atoms with Gasteiger partial charge in [0.05, 0.1) is 11.8 Å². The molecule has 0 saturated heterocycles. The number of anilines is 1. The van der Waals surface area contributed by atoms with E-state index in [1.807, 2.05) is 0 Å². The molecule has 12 heteroatoms. The van der Waals surface area contributed by atoms with Crippen molar-refractivity contribution in [2.24, 2.45) is 10.1 Å². The SMILES string of the molecule is CC(CCl)=NNC1=NC(C)(CCl)P(=O)(NNc2ncccn2)S1. The van der Waals surface area contributed by atoms with Gasteiger partial charge < -0.3 is 0 Å². The molecule has 0 spiro atoms. The number of alkyl halides is 2. The van der Waals surface area contributed by atoms with Crippen molar-refractivity contribution in [3.05, 3.63) is 18.5 Å². The van der Waals surface area contributed by atoms with Gasteiger partial charge >= 0.3 is 0 Å². The molecular formula is C11H16Cl2N7OPS. The molecule has 0 bridgehead atoms. The number of hydrazine groups is 1. The third kappa shape index (κ3) is 4.36. The van der Waals surface area contributed by atoms with Crippen LogP contribution in [0.1, 0.15) is 13.8 Å². The molecular weight excluding hydrogens is 380 g/mol. The number of hydrazone groups is 1. The Morgan fingerprint density at radius 2 is 2.13 bits per heavy atom. The summed E-state index contributed by atoms with van der Waals surface area (Å²) >= 11 is 12.7. The summed E-state index contributed by atoms with van der Waals surface area (Å²) in [6.45, 7) is 0.373. The van der Waals surface area contributed by atoms with E-state index < -0.39 is 11.8 Å². The Labute approximate surface area is 148 Å². The topological polar surface area (TPSA) is 104 Å². The van der Waals surface area contributed by atoms with Crippen molar-refractivity contribution in [1.29, 1.82) is 0 Å². The first-order chi connectivity index (χ1) is 10.9. The zero-order chi connectivity index (χ0) is 16.9. The Morgan fingerprint density at radius 1 is 1.43 bits per heavy atom. The van der Waals surface area contributed by atoms with Gasteiger partial charge in [-0.1, -0.05) is 0 Å². The molecule has 0 radical (unpaired) electrons. The summed E-state index contributed by atoms with van der Waals surface area (Å²) in [5, 5.41) is 6.25. The van der Waals surface area contributed by atoms with Crippen LogP contribution in [0.2, 0.25) is 0 Å². The Bertz CT molecular complexity index is 659. The molecule has 23 heavy (non-hydrogen) atoms. The van der Waals surface area contributed by atoms with Gasteiger partial charge in [0.1, 0.15) is 0 Å². The van der Waals surface area contributed by atoms with Crippen LogP contribution in [0.15, 0.2) is 28.6 Å². The third-order valence-electron chi connectivity index (χ3n) is 2.86. The lowest BCUT2D eigenvalue weighted by molar-refractivity contribution is 0.552. The van der Waals surface area contributed by atoms with E-state index in [1.165, 1.54) is 0 Å². The number of nitrogens with one attached hydrogen (secondary N) is 3. The molecule has 2 unspecified atom stereocenters. The summed E-state index contributed by atoms with van der Waals surface area (Å²) in [5.41, 5.74) is 6.19. The number of aliphatic imine (C=N–C) groups is 1. The van der Waals surface area contributed by atoms with Gasteiger partial charge in [-0.3, -0.25) is 15.4 Å². The summed E-state index contributed by atoms with van der Waals surface area (Å²) in [6, 6.07) is 1.68. The van der Waals surface area contributed by atoms with Crippen LogP contribution in [0, 0.1) is 0 Å². The average molecular weight is 396 g/mol. The molecule has 0 aromatic carbocycles. The van der Waals surface area contributed by atoms with E-state index in [0.717, 1.165) is 11.4 Å². The minimum Gasteiger partial charge on any atom is -0.290 e. The molecule has 2 atom stereocenters. The monoisotopic (exact) mass is 395 g/mol. The first-order valence-corrected chi connectivity index (χ1v) is 10.7. The van der Waals surface area contributed by atoms with Crippen LogP contribution in [-0.4, -0.2) is 37.9 Å². The van der Waals surface area contributed by atoms with Crippen molar-refractivity contribution in [2.75, 3.05) is 17.2 Å². The molecule has 2 rings (SSSR count). The quantitative estimate of drug-likeness (QED) is 0.294. The van der Waals surface area contributed by atoms with Gasteiger partial charge in [0.15, 0.2) is 10.4 Å². The van der Waals surface area contributed by atoms with Crippen molar-refractivity contribution < 1.29 is 4.57 Å². The molecule has 1 aliphatic heterocycles. The van der Waals surface area contributed by atoms with Crippen LogP contribution in [-0.2, 0) is 4.57 Å². The first-order valence-electron chi connectivity index (χ1n) is 6.53. The highest BCUT2D eigenvalue weighted by molar-refractivity contribution is 8.65. The number of hydrogen-bond acceptors (Lipinski definition) is 8. The summed E-state index contributed by atoms with van der Waals surface area (Å²) in [5.74, 6) is 0.670. The van der Waals surface area contributed by atoms with Crippen LogP contribution in [0.25, 0.3) is 0 Å². The van der Waals surface area contributed by atoms with Gasteiger partial charge in [-0.15, -0.1) is 23.2 Å². The van der Waals surface area contributed by atoms with Crippen LogP contribution in [0.3, 0.4) is 0 Å². The van der Waals surface area contributed by atoms with Crippen molar-refractivity contribution >= 4 is 57.9 Å². The maximum atomic E-state index is 13.2. The second-order valence-electron chi connectivity index (χ2n) is 4.81. The normalized spacial score (nSPS) is 27.7. The first kappa shape index (κ1) is 18.5. The molecule has 0 aliphatic carbocycles. The lowest BCUT2D eigenvalue weighted by atomic mass is 10.4. The zero-order valence-electron chi connectivity index (χ0n) is 12.5. The van der Waals surface area contributed by atoms with Gasteiger partial charge in [0.2, 0.25) is 5.95 Å². The minimum absolute atomic E-state index is 0.0744. The van der Waals surface area contributed by atoms with Crippen molar-refractivity contribution in [2.45, 2.75) is 19.1 Å². The van der Waals surface area contributed by atoms with Gasteiger partial charge in [-0.05, 0) is 31.3 Å². The van der Waals surface area contributed by atoms with E-state index in [-0.39, 0.29) is 5.88 Å². The second-order valence-corrected chi connectivity index (χ2v) is 10.3. The molecule has 2 heterocycles. The summed E-state index contributed by atoms with van der Waals surface area (Å²) < 4.78 is 13.2. The molecule has 8 nitrogen and oxygen atoms in total. The van der Waals surface area contributed by atoms with Crippen molar-refractivity contribution in [3.8, 4) is 0 Å². The van der Waals surface area contributed by atoms with E-state index >= 15 is 0 Å². The molecule has 126 valence electrons. The summed E-state index contributed by atoms with van der Waals surface area (Å²) in [7, 11) is 0. The predicted molar refractivity (Wildman–Crippen MR) is 97.5 cm³/mol. The van der Waals surface area contributed by atoms with E-state index in [0.29, 0.717) is 22.7 Å². The molecule has 0 saturated carbocycles. The average Bonchev–Trinajstić information content (AvgIpc) is 2.83. The van der Waals surface area contributed by atoms with E-state index in [1.54, 1.807) is 32.3 Å². The number of aromatic nitrogens is 2. The zero-order valence-corrected chi connectivity index (χ0v) is 15.7. The number of halogens is 2. The number of amidine groups is 1. The Kier molecular flexibility index (Phi) is 6.27. The second kappa shape index (κ2) is 7.81. The molecule has 0 fully saturated rings. The number of hydrogen-bond donors (Lipinski definition) is 3. The Morgan fingerprint density at radius 3 is 2.74 bits per heavy atom. The fourth-order valence-corrected chi connectivity index (χ4v) is 6.23. The van der Waals surface area contributed by atoms with Gasteiger partial charge in [0.25, 0.3) is 6.49 Å².